The molecule has 1 heterocycles. The first-order valence-electron chi connectivity index (χ1n) is 4.89. The van der Waals surface area contributed by atoms with Gasteiger partial charge in [-0.25, -0.2) is 4.39 Å². The number of nitrogens with two attached hydrogens (primary N) is 1. The summed E-state index contributed by atoms with van der Waals surface area (Å²) in [7, 11) is 0. The minimum Gasteiger partial charge on any atom is -0.330 e. The van der Waals surface area contributed by atoms with Gasteiger partial charge >= 0.3 is 0 Å². The SMILES string of the molecule is Cl.Cl.NCCCCCN1CC[C@H](F)C1. The third-order valence-electron chi connectivity index (χ3n) is 2.39. The topological polar surface area (TPSA) is 29.3 Å². The van der Waals surface area contributed by atoms with Gasteiger partial charge in [0.1, 0.15) is 6.17 Å². The average Bonchev–Trinajstić information content (AvgIpc) is 2.45. The Balaban J connectivity index is 0. The summed E-state index contributed by atoms with van der Waals surface area (Å²) in [4.78, 5) is 2.21. The maximum Gasteiger partial charge on any atom is 0.114 e. The van der Waals surface area contributed by atoms with Gasteiger partial charge in [-0.15, -0.1) is 24.8 Å². The van der Waals surface area contributed by atoms with E-state index in [1.165, 1.54) is 12.8 Å². The summed E-state index contributed by atoms with van der Waals surface area (Å²) in [5, 5.41) is 0. The Labute approximate surface area is 98.2 Å². The van der Waals surface area contributed by atoms with Gasteiger partial charge in [0.05, 0.1) is 0 Å². The number of hydrogen-bond donors (Lipinski definition) is 1. The molecule has 0 aromatic rings. The molecule has 0 amide bonds. The summed E-state index contributed by atoms with van der Waals surface area (Å²) in [6, 6.07) is 0. The van der Waals surface area contributed by atoms with Crippen LogP contribution in [0.5, 0.6) is 0 Å². The standard InChI is InChI=1S/C9H19FN2.2ClH/c10-9-4-7-12(8-9)6-3-1-2-5-11;;/h9H,1-8,11H2;2*1H/t9-;;/m0../s1. The number of halogens is 3. The third kappa shape index (κ3) is 6.82. The zero-order chi connectivity index (χ0) is 8.81. The maximum atomic E-state index is 12.7. The Bertz CT molecular complexity index is 127. The highest BCUT2D eigenvalue weighted by Gasteiger charge is 2.20. The smallest absolute Gasteiger partial charge is 0.114 e. The zero-order valence-electron chi connectivity index (χ0n) is 8.45. The molecule has 88 valence electrons. The molecular formula is C9H21Cl2FN2. The Kier molecular flexibility index (Phi) is 12.0. The molecule has 0 aromatic heterocycles. The lowest BCUT2D eigenvalue weighted by Gasteiger charge is -2.13. The molecule has 0 aromatic carbocycles. The van der Waals surface area contributed by atoms with Crippen molar-refractivity contribution in [1.82, 2.24) is 4.90 Å². The van der Waals surface area contributed by atoms with Crippen LogP contribution in [-0.4, -0.2) is 37.3 Å². The fourth-order valence-corrected chi connectivity index (χ4v) is 1.65. The molecule has 0 radical (unpaired) electrons. The quantitative estimate of drug-likeness (QED) is 0.753. The largest absolute Gasteiger partial charge is 0.330 e. The molecule has 1 fully saturated rings. The van der Waals surface area contributed by atoms with Gasteiger partial charge < -0.3 is 10.6 Å². The van der Waals surface area contributed by atoms with E-state index in [4.69, 9.17) is 5.73 Å². The van der Waals surface area contributed by atoms with Gasteiger partial charge in [0.15, 0.2) is 0 Å². The van der Waals surface area contributed by atoms with Crippen molar-refractivity contribution in [1.29, 1.82) is 0 Å². The van der Waals surface area contributed by atoms with E-state index in [1.807, 2.05) is 0 Å². The second kappa shape index (κ2) is 9.97. The van der Waals surface area contributed by atoms with Crippen LogP contribution >= 0.6 is 24.8 Å². The fraction of sp³-hybridized carbons (Fsp3) is 1.00. The molecule has 1 aliphatic rings. The first-order valence-corrected chi connectivity index (χ1v) is 4.89. The van der Waals surface area contributed by atoms with E-state index in [-0.39, 0.29) is 24.8 Å². The first-order chi connectivity index (χ1) is 5.83. The predicted octanol–water partition coefficient (Wildman–Crippen LogP) is 2.00. The maximum absolute atomic E-state index is 12.7. The Morgan fingerprint density at radius 2 is 1.93 bits per heavy atom. The summed E-state index contributed by atoms with van der Waals surface area (Å²) >= 11 is 0. The lowest BCUT2D eigenvalue weighted by molar-refractivity contribution is 0.283. The van der Waals surface area contributed by atoms with Crippen LogP contribution in [0, 0.1) is 0 Å². The lowest BCUT2D eigenvalue weighted by atomic mass is 10.2. The Morgan fingerprint density at radius 3 is 2.43 bits per heavy atom. The summed E-state index contributed by atoms with van der Waals surface area (Å²) in [6.45, 7) is 3.44. The van der Waals surface area contributed by atoms with E-state index in [2.05, 4.69) is 4.90 Å². The highest BCUT2D eigenvalue weighted by atomic mass is 35.5. The number of unbranched alkanes of at least 4 members (excludes halogenated alkanes) is 2. The summed E-state index contributed by atoms with van der Waals surface area (Å²) < 4.78 is 12.7. The van der Waals surface area contributed by atoms with Crippen molar-refractivity contribution in [2.45, 2.75) is 31.9 Å². The lowest BCUT2D eigenvalue weighted by Crippen LogP contribution is -2.22. The van der Waals surface area contributed by atoms with E-state index in [1.54, 1.807) is 0 Å². The number of nitrogens with zero attached hydrogens (tertiary/aromatic N) is 1. The van der Waals surface area contributed by atoms with Gasteiger partial charge in [-0.05, 0) is 32.4 Å². The van der Waals surface area contributed by atoms with Crippen molar-refractivity contribution >= 4 is 24.8 Å². The van der Waals surface area contributed by atoms with Gasteiger partial charge in [0.25, 0.3) is 0 Å². The molecule has 0 spiro atoms. The second-order valence-electron chi connectivity index (χ2n) is 3.54. The molecule has 0 saturated carbocycles. The first kappa shape index (κ1) is 16.8. The van der Waals surface area contributed by atoms with E-state index >= 15 is 0 Å². The Hall–Kier alpha value is 0.430. The molecule has 5 heteroatoms. The summed E-state index contributed by atoms with van der Waals surface area (Å²) in [6.07, 6.45) is 3.62. The van der Waals surface area contributed by atoms with Gasteiger partial charge in [-0.3, -0.25) is 0 Å². The fourth-order valence-electron chi connectivity index (χ4n) is 1.65. The van der Waals surface area contributed by atoms with Crippen molar-refractivity contribution < 1.29 is 4.39 Å². The second-order valence-corrected chi connectivity index (χ2v) is 3.54. The normalized spacial score (nSPS) is 21.4. The van der Waals surface area contributed by atoms with Gasteiger partial charge in [0, 0.05) is 13.1 Å². The van der Waals surface area contributed by atoms with Gasteiger partial charge in [0.2, 0.25) is 0 Å². The van der Waals surface area contributed by atoms with E-state index in [9.17, 15) is 4.39 Å². The summed E-state index contributed by atoms with van der Waals surface area (Å²) in [5.74, 6) is 0. The number of hydrogen-bond acceptors (Lipinski definition) is 2. The molecule has 1 aliphatic heterocycles. The molecule has 2 N–H and O–H groups in total. The molecule has 0 unspecified atom stereocenters. The Morgan fingerprint density at radius 1 is 1.21 bits per heavy atom. The van der Waals surface area contributed by atoms with Crippen molar-refractivity contribution in [3.8, 4) is 0 Å². The van der Waals surface area contributed by atoms with Crippen molar-refractivity contribution in [3.05, 3.63) is 0 Å². The van der Waals surface area contributed by atoms with Crippen LogP contribution in [0.15, 0.2) is 0 Å². The van der Waals surface area contributed by atoms with Crippen LogP contribution in [0.2, 0.25) is 0 Å². The third-order valence-corrected chi connectivity index (χ3v) is 2.39. The molecule has 1 saturated heterocycles. The van der Waals surface area contributed by atoms with Crippen LogP contribution in [-0.2, 0) is 0 Å². The number of alkyl halides is 1. The highest BCUT2D eigenvalue weighted by molar-refractivity contribution is 5.85. The van der Waals surface area contributed by atoms with Gasteiger partial charge in [-0.2, -0.15) is 0 Å². The van der Waals surface area contributed by atoms with Crippen molar-refractivity contribution in [2.24, 2.45) is 5.73 Å². The summed E-state index contributed by atoms with van der Waals surface area (Å²) in [5.41, 5.74) is 5.37. The molecule has 2 nitrogen and oxygen atoms in total. The number of likely N-dealkylation sites (tertiary alicyclic amines) is 1. The van der Waals surface area contributed by atoms with Crippen molar-refractivity contribution in [2.75, 3.05) is 26.2 Å². The average molecular weight is 247 g/mol. The number of rotatable bonds is 5. The highest BCUT2D eigenvalue weighted by Crippen LogP contribution is 2.12. The van der Waals surface area contributed by atoms with E-state index < -0.39 is 6.17 Å². The van der Waals surface area contributed by atoms with Crippen LogP contribution in [0.4, 0.5) is 4.39 Å². The van der Waals surface area contributed by atoms with E-state index in [0.717, 1.165) is 32.5 Å². The molecule has 14 heavy (non-hydrogen) atoms. The van der Waals surface area contributed by atoms with Crippen molar-refractivity contribution in [3.63, 3.8) is 0 Å². The zero-order valence-corrected chi connectivity index (χ0v) is 10.1. The molecule has 1 atom stereocenters. The molecule has 0 bridgehead atoms. The van der Waals surface area contributed by atoms with E-state index in [0.29, 0.717) is 6.54 Å². The predicted molar refractivity (Wildman–Crippen MR) is 63.4 cm³/mol. The van der Waals surface area contributed by atoms with Crippen LogP contribution in [0.3, 0.4) is 0 Å². The minimum atomic E-state index is -0.570. The van der Waals surface area contributed by atoms with Gasteiger partial charge in [-0.1, -0.05) is 6.42 Å². The molecular weight excluding hydrogens is 226 g/mol. The van der Waals surface area contributed by atoms with Crippen LogP contribution in [0.25, 0.3) is 0 Å². The minimum absolute atomic E-state index is 0. The molecule has 1 rings (SSSR count). The molecule has 0 aliphatic carbocycles. The van der Waals surface area contributed by atoms with Crippen LogP contribution in [0.1, 0.15) is 25.7 Å². The monoisotopic (exact) mass is 246 g/mol. The van der Waals surface area contributed by atoms with Crippen LogP contribution < -0.4 is 5.73 Å².